The molecule has 2 heterocycles. The minimum Gasteiger partial charge on any atom is -0.369 e. The number of carbonyl (C=O) groups excluding carboxylic acids is 2. The molecule has 136 valence electrons. The number of anilines is 1. The number of benzene rings is 1. The maximum absolute atomic E-state index is 12.6. The van der Waals surface area contributed by atoms with E-state index in [1.54, 1.807) is 25.9 Å². The number of rotatable bonds is 3. The molecular weight excluding hydrogens is 320 g/mol. The van der Waals surface area contributed by atoms with Crippen LogP contribution in [-0.2, 0) is 19.1 Å². The SMILES string of the molecule is COC(C)(C)C(=O)N1CCC2(CC1)CN(c1ccccc1)C(=O)CO2. The average Bonchev–Trinajstić information content (AvgIpc) is 2.65. The van der Waals surface area contributed by atoms with Crippen molar-refractivity contribution >= 4 is 17.5 Å². The lowest BCUT2D eigenvalue weighted by molar-refractivity contribution is -0.161. The van der Waals surface area contributed by atoms with Gasteiger partial charge in [-0.15, -0.1) is 0 Å². The highest BCUT2D eigenvalue weighted by atomic mass is 16.5. The van der Waals surface area contributed by atoms with Crippen LogP contribution in [0.25, 0.3) is 0 Å². The molecule has 0 radical (unpaired) electrons. The molecule has 6 nitrogen and oxygen atoms in total. The van der Waals surface area contributed by atoms with Gasteiger partial charge in [0.15, 0.2) is 0 Å². The van der Waals surface area contributed by atoms with Crippen molar-refractivity contribution in [3.63, 3.8) is 0 Å². The number of para-hydroxylation sites is 1. The summed E-state index contributed by atoms with van der Waals surface area (Å²) in [5.41, 5.74) is -0.295. The first kappa shape index (κ1) is 17.9. The molecule has 0 bridgehead atoms. The van der Waals surface area contributed by atoms with Crippen molar-refractivity contribution in [3.8, 4) is 0 Å². The zero-order valence-corrected chi connectivity index (χ0v) is 15.2. The minimum absolute atomic E-state index is 0.00310. The third-order valence-electron chi connectivity index (χ3n) is 5.30. The fourth-order valence-electron chi connectivity index (χ4n) is 3.45. The molecule has 0 unspecified atom stereocenters. The van der Waals surface area contributed by atoms with Crippen LogP contribution >= 0.6 is 0 Å². The van der Waals surface area contributed by atoms with Crippen LogP contribution in [0.15, 0.2) is 30.3 Å². The lowest BCUT2D eigenvalue weighted by Crippen LogP contribution is -2.60. The van der Waals surface area contributed by atoms with Crippen LogP contribution in [0.4, 0.5) is 5.69 Å². The third kappa shape index (κ3) is 3.55. The fourth-order valence-corrected chi connectivity index (χ4v) is 3.45. The number of nitrogens with zero attached hydrogens (tertiary/aromatic N) is 2. The van der Waals surface area contributed by atoms with E-state index in [1.807, 2.05) is 35.2 Å². The quantitative estimate of drug-likeness (QED) is 0.838. The molecule has 2 fully saturated rings. The Balaban J connectivity index is 1.68. The van der Waals surface area contributed by atoms with E-state index in [1.165, 1.54) is 0 Å². The molecule has 2 amide bonds. The Hall–Kier alpha value is -1.92. The van der Waals surface area contributed by atoms with Gasteiger partial charge in [-0.1, -0.05) is 18.2 Å². The molecular formula is C19H26N2O4. The normalized spacial score (nSPS) is 20.8. The summed E-state index contributed by atoms with van der Waals surface area (Å²) in [4.78, 5) is 28.5. The van der Waals surface area contributed by atoms with E-state index in [2.05, 4.69) is 0 Å². The van der Waals surface area contributed by atoms with Gasteiger partial charge in [-0.25, -0.2) is 0 Å². The van der Waals surface area contributed by atoms with Gasteiger partial charge < -0.3 is 19.3 Å². The van der Waals surface area contributed by atoms with Gasteiger partial charge in [-0.3, -0.25) is 9.59 Å². The predicted octanol–water partition coefficient (Wildman–Crippen LogP) is 1.84. The Labute approximate surface area is 148 Å². The molecule has 3 rings (SSSR count). The largest absolute Gasteiger partial charge is 0.369 e. The van der Waals surface area contributed by atoms with Gasteiger partial charge in [0.2, 0.25) is 0 Å². The van der Waals surface area contributed by atoms with E-state index in [4.69, 9.17) is 9.47 Å². The number of piperidine rings is 1. The molecule has 1 aromatic carbocycles. The Morgan fingerprint density at radius 1 is 1.20 bits per heavy atom. The molecule has 0 aromatic heterocycles. The Morgan fingerprint density at radius 3 is 2.44 bits per heavy atom. The summed E-state index contributed by atoms with van der Waals surface area (Å²) in [6.45, 7) is 5.42. The second kappa shape index (κ2) is 6.77. The summed E-state index contributed by atoms with van der Waals surface area (Å²) < 4.78 is 11.3. The topological polar surface area (TPSA) is 59.1 Å². The summed E-state index contributed by atoms with van der Waals surface area (Å²) in [6, 6.07) is 9.68. The lowest BCUT2D eigenvalue weighted by atomic mass is 9.88. The Morgan fingerprint density at radius 2 is 1.84 bits per heavy atom. The van der Waals surface area contributed by atoms with Gasteiger partial charge in [0.05, 0.1) is 12.1 Å². The van der Waals surface area contributed by atoms with Crippen LogP contribution in [-0.4, -0.2) is 61.3 Å². The maximum atomic E-state index is 12.6. The summed E-state index contributed by atoms with van der Waals surface area (Å²) in [7, 11) is 1.55. The van der Waals surface area contributed by atoms with E-state index in [0.29, 0.717) is 19.6 Å². The molecule has 0 N–H and O–H groups in total. The van der Waals surface area contributed by atoms with Crippen molar-refractivity contribution in [1.29, 1.82) is 0 Å². The van der Waals surface area contributed by atoms with Crippen molar-refractivity contribution in [2.24, 2.45) is 0 Å². The first-order chi connectivity index (χ1) is 11.9. The van der Waals surface area contributed by atoms with E-state index < -0.39 is 5.60 Å². The van der Waals surface area contributed by atoms with Crippen LogP contribution in [0, 0.1) is 0 Å². The second-order valence-electron chi connectivity index (χ2n) is 7.29. The number of likely N-dealkylation sites (tertiary alicyclic amines) is 1. The molecule has 25 heavy (non-hydrogen) atoms. The van der Waals surface area contributed by atoms with Gasteiger partial charge in [-0.2, -0.15) is 0 Å². The molecule has 0 saturated carbocycles. The highest BCUT2D eigenvalue weighted by Crippen LogP contribution is 2.33. The molecule has 2 aliphatic rings. The molecule has 6 heteroatoms. The molecule has 2 aliphatic heterocycles. The van der Waals surface area contributed by atoms with Crippen LogP contribution < -0.4 is 4.90 Å². The number of morpholine rings is 1. The minimum atomic E-state index is -0.816. The number of carbonyl (C=O) groups is 2. The Kier molecular flexibility index (Phi) is 4.84. The van der Waals surface area contributed by atoms with Gasteiger partial charge in [0, 0.05) is 25.9 Å². The smallest absolute Gasteiger partial charge is 0.254 e. The fraction of sp³-hybridized carbons (Fsp3) is 0.579. The monoisotopic (exact) mass is 346 g/mol. The molecule has 1 aromatic rings. The molecule has 0 aliphatic carbocycles. The zero-order valence-electron chi connectivity index (χ0n) is 15.2. The van der Waals surface area contributed by atoms with Crippen LogP contribution in [0.2, 0.25) is 0 Å². The second-order valence-corrected chi connectivity index (χ2v) is 7.29. The summed E-state index contributed by atoms with van der Waals surface area (Å²) >= 11 is 0. The zero-order chi connectivity index (χ0) is 18.1. The van der Waals surface area contributed by atoms with E-state index >= 15 is 0 Å². The van der Waals surface area contributed by atoms with Crippen molar-refractivity contribution in [1.82, 2.24) is 4.90 Å². The standard InChI is InChI=1S/C19H26N2O4/c1-18(2,24-3)17(23)20-11-9-19(10-12-20)14-21(16(22)13-25-19)15-7-5-4-6-8-15/h4-8H,9-14H2,1-3H3. The Bertz CT molecular complexity index is 636. The van der Waals surface area contributed by atoms with Gasteiger partial charge in [0.1, 0.15) is 12.2 Å². The first-order valence-electron chi connectivity index (χ1n) is 8.71. The molecule has 1 spiro atoms. The van der Waals surface area contributed by atoms with E-state index in [-0.39, 0.29) is 24.0 Å². The average molecular weight is 346 g/mol. The van der Waals surface area contributed by atoms with Gasteiger partial charge in [0.25, 0.3) is 11.8 Å². The molecule has 2 saturated heterocycles. The van der Waals surface area contributed by atoms with Crippen molar-refractivity contribution in [2.45, 2.75) is 37.9 Å². The van der Waals surface area contributed by atoms with Gasteiger partial charge >= 0.3 is 0 Å². The summed E-state index contributed by atoms with van der Waals surface area (Å²) in [5.74, 6) is -0.0208. The van der Waals surface area contributed by atoms with Crippen molar-refractivity contribution < 1.29 is 19.1 Å². The third-order valence-corrected chi connectivity index (χ3v) is 5.30. The van der Waals surface area contributed by atoms with Crippen molar-refractivity contribution in [2.75, 3.05) is 38.3 Å². The predicted molar refractivity (Wildman–Crippen MR) is 94.4 cm³/mol. The first-order valence-corrected chi connectivity index (χ1v) is 8.71. The highest BCUT2D eigenvalue weighted by Gasteiger charge is 2.44. The van der Waals surface area contributed by atoms with Crippen LogP contribution in [0.5, 0.6) is 0 Å². The maximum Gasteiger partial charge on any atom is 0.254 e. The van der Waals surface area contributed by atoms with Crippen molar-refractivity contribution in [3.05, 3.63) is 30.3 Å². The summed E-state index contributed by atoms with van der Waals surface area (Å²) in [5, 5.41) is 0. The van der Waals surface area contributed by atoms with Gasteiger partial charge in [-0.05, 0) is 38.8 Å². The number of amides is 2. The number of hydrogen-bond donors (Lipinski definition) is 0. The number of methoxy groups -OCH3 is 1. The lowest BCUT2D eigenvalue weighted by Gasteiger charge is -2.47. The van der Waals surface area contributed by atoms with Crippen LogP contribution in [0.3, 0.4) is 0 Å². The summed E-state index contributed by atoms with van der Waals surface area (Å²) in [6.07, 6.45) is 1.43. The number of ether oxygens (including phenoxy) is 2. The number of hydrogen-bond acceptors (Lipinski definition) is 4. The highest BCUT2D eigenvalue weighted by molar-refractivity contribution is 5.95. The van der Waals surface area contributed by atoms with E-state index in [0.717, 1.165) is 18.5 Å². The van der Waals surface area contributed by atoms with E-state index in [9.17, 15) is 9.59 Å². The van der Waals surface area contributed by atoms with Crippen LogP contribution in [0.1, 0.15) is 26.7 Å². The molecule has 0 atom stereocenters.